The molecule has 1 aromatic rings. The van der Waals surface area contributed by atoms with E-state index < -0.39 is 17.6 Å². The van der Waals surface area contributed by atoms with Gasteiger partial charge in [-0.25, -0.2) is 0 Å². The number of benzene rings is 1. The van der Waals surface area contributed by atoms with E-state index in [1.54, 1.807) is 0 Å². The van der Waals surface area contributed by atoms with E-state index in [4.69, 9.17) is 10.5 Å². The van der Waals surface area contributed by atoms with Crippen LogP contribution in [0.5, 0.6) is 5.75 Å². The highest BCUT2D eigenvalue weighted by Crippen LogP contribution is 2.35. The third-order valence-electron chi connectivity index (χ3n) is 3.66. The van der Waals surface area contributed by atoms with Crippen molar-refractivity contribution in [2.75, 3.05) is 0 Å². The van der Waals surface area contributed by atoms with Crippen molar-refractivity contribution >= 4 is 5.91 Å². The van der Waals surface area contributed by atoms with Crippen LogP contribution in [0.4, 0.5) is 13.2 Å². The van der Waals surface area contributed by atoms with Crippen molar-refractivity contribution in [1.82, 2.24) is 0 Å². The number of primary amides is 1. The van der Waals surface area contributed by atoms with Gasteiger partial charge in [0, 0.05) is 5.57 Å². The number of nitrogens with two attached hydrogens (primary N) is 1. The molecule has 0 unspecified atom stereocenters. The average molecular weight is 299 g/mol. The number of carbonyl (C=O) groups excluding carboxylic acids is 1. The summed E-state index contributed by atoms with van der Waals surface area (Å²) in [5.41, 5.74) is 4.79. The SMILES string of the molecule is C=C(C(N)=O)[C@H]1CC[C@H](Oc2cccc(C(F)(F)F)c2)C1. The first kappa shape index (κ1) is 15.4. The van der Waals surface area contributed by atoms with E-state index in [2.05, 4.69) is 6.58 Å². The van der Waals surface area contributed by atoms with Crippen LogP contribution in [0.1, 0.15) is 24.8 Å². The van der Waals surface area contributed by atoms with Gasteiger partial charge in [0.05, 0.1) is 11.7 Å². The maximum absolute atomic E-state index is 12.6. The Bertz CT molecular complexity index is 554. The molecule has 1 aliphatic rings. The van der Waals surface area contributed by atoms with E-state index >= 15 is 0 Å². The van der Waals surface area contributed by atoms with Crippen LogP contribution in [-0.2, 0) is 11.0 Å². The van der Waals surface area contributed by atoms with Crippen molar-refractivity contribution in [3.8, 4) is 5.75 Å². The largest absolute Gasteiger partial charge is 0.490 e. The van der Waals surface area contributed by atoms with Crippen LogP contribution in [0.15, 0.2) is 36.4 Å². The second-order valence-electron chi connectivity index (χ2n) is 5.16. The van der Waals surface area contributed by atoms with Gasteiger partial charge in [-0.05, 0) is 43.4 Å². The average Bonchev–Trinajstić information content (AvgIpc) is 2.85. The fourth-order valence-corrected chi connectivity index (χ4v) is 2.50. The zero-order valence-electron chi connectivity index (χ0n) is 11.3. The molecule has 3 nitrogen and oxygen atoms in total. The molecule has 1 aliphatic carbocycles. The lowest BCUT2D eigenvalue weighted by Crippen LogP contribution is -2.19. The molecule has 1 saturated carbocycles. The van der Waals surface area contributed by atoms with E-state index in [9.17, 15) is 18.0 Å². The minimum atomic E-state index is -4.39. The minimum Gasteiger partial charge on any atom is -0.490 e. The topological polar surface area (TPSA) is 52.3 Å². The van der Waals surface area contributed by atoms with Gasteiger partial charge in [0.2, 0.25) is 5.91 Å². The molecule has 1 fully saturated rings. The zero-order chi connectivity index (χ0) is 15.6. The molecule has 2 atom stereocenters. The molecule has 0 saturated heterocycles. The van der Waals surface area contributed by atoms with Crippen LogP contribution in [0, 0.1) is 5.92 Å². The lowest BCUT2D eigenvalue weighted by Gasteiger charge is -2.16. The normalized spacial score (nSPS) is 22.0. The van der Waals surface area contributed by atoms with E-state index in [0.717, 1.165) is 12.1 Å². The third kappa shape index (κ3) is 3.77. The fraction of sp³-hybridized carbons (Fsp3) is 0.400. The number of rotatable bonds is 4. The molecule has 0 bridgehead atoms. The number of hydrogen-bond donors (Lipinski definition) is 1. The van der Waals surface area contributed by atoms with Gasteiger partial charge in [-0.3, -0.25) is 4.79 Å². The van der Waals surface area contributed by atoms with Crippen molar-refractivity contribution in [1.29, 1.82) is 0 Å². The van der Waals surface area contributed by atoms with Crippen LogP contribution < -0.4 is 10.5 Å². The Morgan fingerprint density at radius 3 is 2.67 bits per heavy atom. The summed E-state index contributed by atoms with van der Waals surface area (Å²) in [6.45, 7) is 3.65. The molecular formula is C15H16F3NO2. The third-order valence-corrected chi connectivity index (χ3v) is 3.66. The fourth-order valence-electron chi connectivity index (χ4n) is 2.50. The molecule has 2 rings (SSSR count). The first-order valence-electron chi connectivity index (χ1n) is 6.60. The number of halogens is 3. The van der Waals surface area contributed by atoms with Crippen LogP contribution in [0.25, 0.3) is 0 Å². The maximum atomic E-state index is 12.6. The molecule has 0 aromatic heterocycles. The molecule has 2 N–H and O–H groups in total. The molecule has 21 heavy (non-hydrogen) atoms. The monoisotopic (exact) mass is 299 g/mol. The number of carbonyl (C=O) groups is 1. The predicted molar refractivity (Wildman–Crippen MR) is 71.5 cm³/mol. The zero-order valence-corrected chi connectivity index (χ0v) is 11.3. The van der Waals surface area contributed by atoms with Crippen molar-refractivity contribution in [3.05, 3.63) is 42.0 Å². The number of amides is 1. The molecule has 114 valence electrons. The van der Waals surface area contributed by atoms with Gasteiger partial charge in [-0.2, -0.15) is 13.2 Å². The highest BCUT2D eigenvalue weighted by molar-refractivity contribution is 5.91. The molecule has 0 spiro atoms. The van der Waals surface area contributed by atoms with E-state index in [0.29, 0.717) is 24.8 Å². The molecule has 0 heterocycles. The Hall–Kier alpha value is -1.98. The van der Waals surface area contributed by atoms with Crippen LogP contribution in [0.2, 0.25) is 0 Å². The maximum Gasteiger partial charge on any atom is 0.416 e. The number of hydrogen-bond acceptors (Lipinski definition) is 2. The van der Waals surface area contributed by atoms with E-state index in [1.807, 2.05) is 0 Å². The second-order valence-corrected chi connectivity index (χ2v) is 5.16. The Kier molecular flexibility index (Phi) is 4.25. The highest BCUT2D eigenvalue weighted by atomic mass is 19.4. The smallest absolute Gasteiger partial charge is 0.416 e. The standard InChI is InChI=1S/C15H16F3NO2/c1-9(14(19)20)10-5-6-13(7-10)21-12-4-2-3-11(8-12)15(16,17)18/h2-4,8,10,13H,1,5-7H2,(H2,19,20)/t10-,13-/m0/s1. The molecular weight excluding hydrogens is 283 g/mol. The second kappa shape index (κ2) is 5.79. The number of alkyl halides is 3. The van der Waals surface area contributed by atoms with Gasteiger partial charge >= 0.3 is 6.18 Å². The van der Waals surface area contributed by atoms with Crippen LogP contribution >= 0.6 is 0 Å². The Morgan fingerprint density at radius 2 is 2.05 bits per heavy atom. The van der Waals surface area contributed by atoms with Gasteiger partial charge < -0.3 is 10.5 Å². The highest BCUT2D eigenvalue weighted by Gasteiger charge is 2.32. The molecule has 1 amide bonds. The van der Waals surface area contributed by atoms with Gasteiger partial charge in [0.25, 0.3) is 0 Å². The Morgan fingerprint density at radius 1 is 1.33 bits per heavy atom. The van der Waals surface area contributed by atoms with Crippen molar-refractivity contribution in [2.45, 2.75) is 31.5 Å². The quantitative estimate of drug-likeness (QED) is 0.867. The molecule has 0 radical (unpaired) electrons. The predicted octanol–water partition coefficient (Wildman–Crippen LogP) is 3.29. The molecule has 0 aliphatic heterocycles. The van der Waals surface area contributed by atoms with Crippen molar-refractivity contribution in [2.24, 2.45) is 11.7 Å². The number of ether oxygens (including phenoxy) is 1. The van der Waals surface area contributed by atoms with Crippen LogP contribution in [-0.4, -0.2) is 12.0 Å². The minimum absolute atomic E-state index is 0.0571. The first-order chi connectivity index (χ1) is 9.77. The van der Waals surface area contributed by atoms with Gasteiger partial charge in [-0.1, -0.05) is 12.6 Å². The Balaban J connectivity index is 2.01. The summed E-state index contributed by atoms with van der Waals surface area (Å²) >= 11 is 0. The van der Waals surface area contributed by atoms with Gasteiger partial charge in [0.1, 0.15) is 5.75 Å². The van der Waals surface area contributed by atoms with Crippen molar-refractivity contribution < 1.29 is 22.7 Å². The van der Waals surface area contributed by atoms with Gasteiger partial charge in [-0.15, -0.1) is 0 Å². The summed E-state index contributed by atoms with van der Waals surface area (Å²) < 4.78 is 43.4. The first-order valence-corrected chi connectivity index (χ1v) is 6.60. The lowest BCUT2D eigenvalue weighted by molar-refractivity contribution is -0.137. The summed E-state index contributed by atoms with van der Waals surface area (Å²) in [6, 6.07) is 4.79. The summed E-state index contributed by atoms with van der Waals surface area (Å²) in [7, 11) is 0. The molecule has 1 aromatic carbocycles. The summed E-state index contributed by atoms with van der Waals surface area (Å²) in [5, 5.41) is 0. The van der Waals surface area contributed by atoms with Crippen LogP contribution in [0.3, 0.4) is 0 Å². The molecule has 6 heteroatoms. The van der Waals surface area contributed by atoms with Gasteiger partial charge in [0.15, 0.2) is 0 Å². The Labute approximate surface area is 120 Å². The van der Waals surface area contributed by atoms with E-state index in [-0.39, 0.29) is 17.8 Å². The van der Waals surface area contributed by atoms with E-state index in [1.165, 1.54) is 12.1 Å². The summed E-state index contributed by atoms with van der Waals surface area (Å²) in [6.07, 6.45) is -2.72. The lowest BCUT2D eigenvalue weighted by atomic mass is 9.98. The summed E-state index contributed by atoms with van der Waals surface area (Å²) in [5.74, 6) is -0.418. The van der Waals surface area contributed by atoms with Crippen molar-refractivity contribution in [3.63, 3.8) is 0 Å². The summed E-state index contributed by atoms with van der Waals surface area (Å²) in [4.78, 5) is 11.1.